The monoisotopic (exact) mass is 359 g/mol. The standard InChI is InChI=1S/C23H21NO3/c1-27-23(26)22-13-20-19(9-10-21(20)24-22)12-16-3-2-4-18(11-16)17-7-5-15(14-25)6-8-17/h2-8,11-13,24-25H,9-10,14H2,1H3. The number of H-pyrrole nitrogens is 1. The van der Waals surface area contributed by atoms with Crippen molar-refractivity contribution in [1.82, 2.24) is 4.98 Å². The molecule has 1 heterocycles. The molecule has 1 aliphatic rings. The quantitative estimate of drug-likeness (QED) is 0.677. The molecule has 1 aliphatic carbocycles. The number of aromatic nitrogens is 1. The molecule has 0 aliphatic heterocycles. The van der Waals surface area contributed by atoms with Gasteiger partial charge in [-0.25, -0.2) is 4.79 Å². The first-order chi connectivity index (χ1) is 13.2. The first kappa shape index (κ1) is 17.3. The second-order valence-corrected chi connectivity index (χ2v) is 6.72. The largest absolute Gasteiger partial charge is 0.464 e. The van der Waals surface area contributed by atoms with Gasteiger partial charge in [0.2, 0.25) is 0 Å². The number of aliphatic hydroxyl groups is 1. The summed E-state index contributed by atoms with van der Waals surface area (Å²) in [5.41, 5.74) is 8.22. The van der Waals surface area contributed by atoms with Gasteiger partial charge in [0, 0.05) is 5.69 Å². The van der Waals surface area contributed by atoms with E-state index < -0.39 is 0 Å². The Morgan fingerprint density at radius 1 is 1.11 bits per heavy atom. The third kappa shape index (κ3) is 3.44. The molecule has 2 N–H and O–H groups in total. The summed E-state index contributed by atoms with van der Waals surface area (Å²) in [6.45, 7) is 0.0545. The Kier molecular flexibility index (Phi) is 4.65. The number of hydrogen-bond donors (Lipinski definition) is 2. The van der Waals surface area contributed by atoms with E-state index in [2.05, 4.69) is 35.3 Å². The Labute approximate surface area is 158 Å². The molecule has 27 heavy (non-hydrogen) atoms. The molecular weight excluding hydrogens is 338 g/mol. The first-order valence-corrected chi connectivity index (χ1v) is 8.99. The number of esters is 1. The lowest BCUT2D eigenvalue weighted by Crippen LogP contribution is -2.01. The lowest BCUT2D eigenvalue weighted by Gasteiger charge is -2.05. The number of benzene rings is 2. The Hall–Kier alpha value is -3.11. The van der Waals surface area contributed by atoms with Crippen molar-refractivity contribution < 1.29 is 14.6 Å². The van der Waals surface area contributed by atoms with E-state index in [-0.39, 0.29) is 12.6 Å². The van der Waals surface area contributed by atoms with Crippen LogP contribution in [0.4, 0.5) is 0 Å². The zero-order chi connectivity index (χ0) is 18.8. The zero-order valence-electron chi connectivity index (χ0n) is 15.2. The van der Waals surface area contributed by atoms with Crippen molar-refractivity contribution in [2.45, 2.75) is 19.4 Å². The van der Waals surface area contributed by atoms with E-state index in [0.29, 0.717) is 5.69 Å². The van der Waals surface area contributed by atoms with E-state index in [9.17, 15) is 9.90 Å². The van der Waals surface area contributed by atoms with Crippen molar-refractivity contribution in [3.8, 4) is 11.1 Å². The Morgan fingerprint density at radius 2 is 1.93 bits per heavy atom. The molecular formula is C23H21NO3. The summed E-state index contributed by atoms with van der Waals surface area (Å²) < 4.78 is 4.80. The fourth-order valence-electron chi connectivity index (χ4n) is 3.56. The smallest absolute Gasteiger partial charge is 0.354 e. The van der Waals surface area contributed by atoms with E-state index >= 15 is 0 Å². The van der Waals surface area contributed by atoms with Gasteiger partial charge in [0.25, 0.3) is 0 Å². The van der Waals surface area contributed by atoms with Crippen molar-refractivity contribution >= 4 is 17.6 Å². The highest BCUT2D eigenvalue weighted by Gasteiger charge is 2.22. The number of ether oxygens (including phenoxy) is 1. The highest BCUT2D eigenvalue weighted by atomic mass is 16.5. The number of allylic oxidation sites excluding steroid dienone is 1. The van der Waals surface area contributed by atoms with Crippen LogP contribution in [-0.4, -0.2) is 23.2 Å². The van der Waals surface area contributed by atoms with Crippen molar-refractivity contribution in [2.24, 2.45) is 0 Å². The Bertz CT molecular complexity index is 1010. The van der Waals surface area contributed by atoms with E-state index in [1.54, 1.807) is 0 Å². The Morgan fingerprint density at radius 3 is 2.67 bits per heavy atom. The molecule has 4 heteroatoms. The second kappa shape index (κ2) is 7.25. The van der Waals surface area contributed by atoms with Gasteiger partial charge >= 0.3 is 5.97 Å². The molecule has 0 bridgehead atoms. The molecule has 136 valence electrons. The van der Waals surface area contributed by atoms with Gasteiger partial charge in [0.15, 0.2) is 0 Å². The third-order valence-corrected chi connectivity index (χ3v) is 4.99. The van der Waals surface area contributed by atoms with Gasteiger partial charge in [-0.1, -0.05) is 48.5 Å². The number of nitrogens with one attached hydrogen (secondary N) is 1. The maximum atomic E-state index is 11.7. The van der Waals surface area contributed by atoms with Crippen molar-refractivity contribution in [3.05, 3.63) is 82.7 Å². The summed E-state index contributed by atoms with van der Waals surface area (Å²) in [5.74, 6) is -0.336. The fourth-order valence-corrected chi connectivity index (χ4v) is 3.56. The van der Waals surface area contributed by atoms with Crippen LogP contribution in [0.15, 0.2) is 54.6 Å². The van der Waals surface area contributed by atoms with Gasteiger partial charge in [0.1, 0.15) is 5.69 Å². The average molecular weight is 359 g/mol. The third-order valence-electron chi connectivity index (χ3n) is 4.99. The zero-order valence-corrected chi connectivity index (χ0v) is 15.2. The first-order valence-electron chi connectivity index (χ1n) is 8.99. The van der Waals surface area contributed by atoms with Crippen LogP contribution in [0.2, 0.25) is 0 Å². The minimum atomic E-state index is -0.336. The lowest BCUT2D eigenvalue weighted by molar-refractivity contribution is 0.0594. The number of methoxy groups -OCH3 is 1. The van der Waals surface area contributed by atoms with Gasteiger partial charge < -0.3 is 14.8 Å². The molecule has 4 nitrogen and oxygen atoms in total. The van der Waals surface area contributed by atoms with Crippen LogP contribution < -0.4 is 0 Å². The number of hydrogen-bond acceptors (Lipinski definition) is 3. The summed E-state index contributed by atoms with van der Waals surface area (Å²) >= 11 is 0. The van der Waals surface area contributed by atoms with Crippen LogP contribution in [0.5, 0.6) is 0 Å². The van der Waals surface area contributed by atoms with Crippen molar-refractivity contribution in [1.29, 1.82) is 0 Å². The summed E-state index contributed by atoms with van der Waals surface area (Å²) in [5, 5.41) is 9.20. The molecule has 4 rings (SSSR count). The van der Waals surface area contributed by atoms with Gasteiger partial charge in [-0.3, -0.25) is 0 Å². The van der Waals surface area contributed by atoms with Crippen LogP contribution in [0.3, 0.4) is 0 Å². The van der Waals surface area contributed by atoms with Gasteiger partial charge in [-0.2, -0.15) is 0 Å². The molecule has 2 aromatic carbocycles. The average Bonchev–Trinajstić information content (AvgIpc) is 3.30. The topological polar surface area (TPSA) is 62.3 Å². The van der Waals surface area contributed by atoms with E-state index in [1.165, 1.54) is 12.7 Å². The minimum Gasteiger partial charge on any atom is -0.464 e. The molecule has 3 aromatic rings. The number of carbonyl (C=O) groups excluding carboxylic acids is 1. The maximum absolute atomic E-state index is 11.7. The van der Waals surface area contributed by atoms with Crippen LogP contribution in [0.1, 0.15) is 39.3 Å². The number of fused-ring (bicyclic) bond motifs is 1. The second-order valence-electron chi connectivity index (χ2n) is 6.72. The molecule has 0 fully saturated rings. The van der Waals surface area contributed by atoms with Crippen LogP contribution in [0.25, 0.3) is 22.8 Å². The highest BCUT2D eigenvalue weighted by Crippen LogP contribution is 2.34. The van der Waals surface area contributed by atoms with E-state index in [1.807, 2.05) is 30.3 Å². The number of rotatable bonds is 4. The number of carbonyl (C=O) groups is 1. The molecule has 0 radical (unpaired) electrons. The molecule has 0 saturated carbocycles. The van der Waals surface area contributed by atoms with Gasteiger partial charge in [0.05, 0.1) is 13.7 Å². The molecule has 1 aromatic heterocycles. The van der Waals surface area contributed by atoms with Crippen LogP contribution in [-0.2, 0) is 17.8 Å². The number of aryl methyl sites for hydroxylation is 1. The molecule has 0 amide bonds. The predicted molar refractivity (Wildman–Crippen MR) is 106 cm³/mol. The normalized spacial score (nSPS) is 14.4. The number of aromatic amines is 1. The molecule has 0 unspecified atom stereocenters. The molecule has 0 spiro atoms. The van der Waals surface area contributed by atoms with Gasteiger partial charge in [-0.05, 0) is 58.4 Å². The van der Waals surface area contributed by atoms with Crippen LogP contribution >= 0.6 is 0 Å². The van der Waals surface area contributed by atoms with Crippen molar-refractivity contribution in [3.63, 3.8) is 0 Å². The van der Waals surface area contributed by atoms with E-state index in [0.717, 1.165) is 46.4 Å². The lowest BCUT2D eigenvalue weighted by atomic mass is 10.00. The summed E-state index contributed by atoms with van der Waals surface area (Å²) in [7, 11) is 1.39. The maximum Gasteiger partial charge on any atom is 0.354 e. The summed E-state index contributed by atoms with van der Waals surface area (Å²) in [6, 6.07) is 18.2. The van der Waals surface area contributed by atoms with Gasteiger partial charge in [-0.15, -0.1) is 0 Å². The number of aliphatic hydroxyl groups excluding tert-OH is 1. The SMILES string of the molecule is COC(=O)c1cc2c([nH]1)CCC2=Cc1cccc(-c2ccc(CO)cc2)c1. The fraction of sp³-hybridized carbons (Fsp3) is 0.174. The summed E-state index contributed by atoms with van der Waals surface area (Å²) in [6.07, 6.45) is 4.05. The summed E-state index contributed by atoms with van der Waals surface area (Å²) in [4.78, 5) is 14.9. The predicted octanol–water partition coefficient (Wildman–Crippen LogP) is 4.45. The minimum absolute atomic E-state index is 0.0545. The molecule has 0 saturated heterocycles. The van der Waals surface area contributed by atoms with E-state index in [4.69, 9.17) is 4.74 Å². The van der Waals surface area contributed by atoms with Crippen LogP contribution in [0, 0.1) is 0 Å². The highest BCUT2D eigenvalue weighted by molar-refractivity contribution is 5.92. The van der Waals surface area contributed by atoms with Crippen molar-refractivity contribution in [2.75, 3.05) is 7.11 Å². The molecule has 0 atom stereocenters. The Balaban J connectivity index is 1.64.